The van der Waals surface area contributed by atoms with Gasteiger partial charge in [-0.25, -0.2) is 0 Å². The molecule has 4 aromatic carbocycles. The van der Waals surface area contributed by atoms with E-state index in [1.807, 2.05) is 57.2 Å². The van der Waals surface area contributed by atoms with E-state index in [-0.39, 0.29) is 16.9 Å². The molecule has 0 aliphatic heterocycles. The molecule has 0 spiro atoms. The van der Waals surface area contributed by atoms with Crippen LogP contribution in [0.5, 0.6) is 5.75 Å². The molecule has 7 nitrogen and oxygen atoms in total. The van der Waals surface area contributed by atoms with Crippen LogP contribution < -0.4 is 20.7 Å². The number of carbonyl (C=O) groups is 3. The van der Waals surface area contributed by atoms with E-state index in [1.54, 1.807) is 66.7 Å². The van der Waals surface area contributed by atoms with Crippen LogP contribution in [0.2, 0.25) is 5.02 Å². The molecule has 4 aromatic rings. The van der Waals surface area contributed by atoms with Gasteiger partial charge >= 0.3 is 0 Å². The van der Waals surface area contributed by atoms with Gasteiger partial charge in [0.2, 0.25) is 5.91 Å². The Hall–Kier alpha value is -4.53. The molecule has 0 radical (unpaired) electrons. The average molecular weight is 628 g/mol. The molecule has 1 atom stereocenters. The molecule has 44 heavy (non-hydrogen) atoms. The summed E-state index contributed by atoms with van der Waals surface area (Å²) in [5.74, 6) is -0.482. The van der Waals surface area contributed by atoms with Gasteiger partial charge in [0.05, 0.1) is 11.9 Å². The predicted molar refractivity (Wildman–Crippen MR) is 179 cm³/mol. The quantitative estimate of drug-likeness (QED) is 0.109. The number of rotatable bonds is 12. The van der Waals surface area contributed by atoms with Gasteiger partial charge in [0.1, 0.15) is 11.4 Å². The lowest BCUT2D eigenvalue weighted by Gasteiger charge is -2.17. The van der Waals surface area contributed by atoms with E-state index in [0.29, 0.717) is 46.3 Å². The molecule has 0 saturated carbocycles. The number of para-hydroxylation sites is 1. The molecule has 0 heterocycles. The fourth-order valence-electron chi connectivity index (χ4n) is 4.27. The first-order valence-corrected chi connectivity index (χ1v) is 15.5. The molecule has 0 aliphatic rings. The van der Waals surface area contributed by atoms with Crippen molar-refractivity contribution in [1.82, 2.24) is 5.32 Å². The lowest BCUT2D eigenvalue weighted by Crippen LogP contribution is -2.30. The highest BCUT2D eigenvalue weighted by Gasteiger charge is 2.20. The number of halogens is 1. The van der Waals surface area contributed by atoms with Crippen LogP contribution in [0, 0.1) is 6.92 Å². The Morgan fingerprint density at radius 3 is 2.36 bits per heavy atom. The van der Waals surface area contributed by atoms with E-state index < -0.39 is 11.8 Å². The van der Waals surface area contributed by atoms with Crippen molar-refractivity contribution in [2.75, 3.05) is 17.2 Å². The molecule has 226 valence electrons. The van der Waals surface area contributed by atoms with Gasteiger partial charge in [-0.3, -0.25) is 14.4 Å². The summed E-state index contributed by atoms with van der Waals surface area (Å²) in [7, 11) is 0. The van der Waals surface area contributed by atoms with Crippen molar-refractivity contribution in [2.24, 2.45) is 0 Å². The minimum atomic E-state index is -0.510. The topological polar surface area (TPSA) is 96.5 Å². The molecule has 0 bridgehead atoms. The zero-order valence-corrected chi connectivity index (χ0v) is 26.3. The number of benzene rings is 4. The zero-order chi connectivity index (χ0) is 31.5. The lowest BCUT2D eigenvalue weighted by atomic mass is 10.1. The molecule has 0 saturated heterocycles. The van der Waals surface area contributed by atoms with Crippen molar-refractivity contribution >= 4 is 58.5 Å². The average Bonchev–Trinajstić information content (AvgIpc) is 3.03. The number of thioether (sulfide) groups is 1. The summed E-state index contributed by atoms with van der Waals surface area (Å²) in [5, 5.41) is 8.84. The highest BCUT2D eigenvalue weighted by molar-refractivity contribution is 8.00. The first kappa shape index (κ1) is 32.4. The van der Waals surface area contributed by atoms with E-state index in [1.165, 1.54) is 11.8 Å². The lowest BCUT2D eigenvalue weighted by molar-refractivity contribution is -0.116. The highest BCUT2D eigenvalue weighted by Crippen LogP contribution is 2.30. The summed E-state index contributed by atoms with van der Waals surface area (Å²) in [6.45, 7) is 6.13. The van der Waals surface area contributed by atoms with Crippen molar-refractivity contribution in [1.29, 1.82) is 0 Å². The summed E-state index contributed by atoms with van der Waals surface area (Å²) >= 11 is 7.62. The highest BCUT2D eigenvalue weighted by atomic mass is 35.5. The van der Waals surface area contributed by atoms with E-state index in [9.17, 15) is 14.4 Å². The smallest absolute Gasteiger partial charge is 0.272 e. The van der Waals surface area contributed by atoms with Crippen molar-refractivity contribution in [3.63, 3.8) is 0 Å². The molecule has 3 N–H and O–H groups in total. The number of carbonyl (C=O) groups excluding carboxylic acids is 3. The van der Waals surface area contributed by atoms with E-state index in [4.69, 9.17) is 16.3 Å². The predicted octanol–water partition coefficient (Wildman–Crippen LogP) is 7.97. The third-order valence-electron chi connectivity index (χ3n) is 6.61. The van der Waals surface area contributed by atoms with E-state index in [0.717, 1.165) is 10.5 Å². The third kappa shape index (κ3) is 8.75. The van der Waals surface area contributed by atoms with Crippen molar-refractivity contribution in [3.8, 4) is 5.75 Å². The second kappa shape index (κ2) is 15.8. The molecular weight excluding hydrogens is 594 g/mol. The van der Waals surface area contributed by atoms with Gasteiger partial charge in [0, 0.05) is 32.4 Å². The maximum absolute atomic E-state index is 13.6. The Labute approximate surface area is 267 Å². The fraction of sp³-hybridized carbons (Fsp3) is 0.171. The van der Waals surface area contributed by atoms with Gasteiger partial charge in [-0.05, 0) is 80.4 Å². The van der Waals surface area contributed by atoms with E-state index >= 15 is 0 Å². The monoisotopic (exact) mass is 627 g/mol. The minimum absolute atomic E-state index is 0.0479. The van der Waals surface area contributed by atoms with Crippen LogP contribution in [0.3, 0.4) is 0 Å². The SMILES string of the molecule is CCOc1ccccc1/C=C(/NC(=O)c1ccccc1)C(=O)Nc1cccc(SC(CC)C(=O)Nc2cccc(Cl)c2C)c1. The fourth-order valence-corrected chi connectivity index (χ4v) is 5.46. The van der Waals surface area contributed by atoms with Crippen LogP contribution in [-0.4, -0.2) is 29.6 Å². The molecule has 9 heteroatoms. The molecule has 0 fully saturated rings. The van der Waals surface area contributed by atoms with Crippen molar-refractivity contribution in [2.45, 2.75) is 37.3 Å². The molecular formula is C35H34ClN3O4S. The van der Waals surface area contributed by atoms with Crippen LogP contribution in [0.15, 0.2) is 108 Å². The minimum Gasteiger partial charge on any atom is -0.493 e. The molecule has 0 aliphatic carbocycles. The van der Waals surface area contributed by atoms with Crippen LogP contribution in [0.4, 0.5) is 11.4 Å². The number of nitrogens with one attached hydrogen (secondary N) is 3. The second-order valence-electron chi connectivity index (χ2n) is 9.75. The number of amides is 3. The van der Waals surface area contributed by atoms with Gasteiger partial charge in [0.25, 0.3) is 11.8 Å². The zero-order valence-electron chi connectivity index (χ0n) is 24.7. The Morgan fingerprint density at radius 1 is 0.886 bits per heavy atom. The van der Waals surface area contributed by atoms with Gasteiger partial charge in [-0.15, -0.1) is 11.8 Å². The Morgan fingerprint density at radius 2 is 1.61 bits per heavy atom. The maximum atomic E-state index is 13.6. The molecule has 0 aromatic heterocycles. The number of ether oxygens (including phenoxy) is 1. The standard InChI is InChI=1S/C35H34ClN3O4S/c1-4-32(35(42)38-29-19-12-18-28(36)23(29)3)44-27-17-11-16-26(22-27)37-34(41)30(39-33(40)24-13-7-6-8-14-24)21-25-15-9-10-20-31(25)43-5-2/h6-22,32H,4-5H2,1-3H3,(H,37,41)(H,38,42)(H,39,40)/b30-21+. The first-order chi connectivity index (χ1) is 21.3. The summed E-state index contributed by atoms with van der Waals surface area (Å²) in [6, 6.07) is 28.6. The van der Waals surface area contributed by atoms with E-state index in [2.05, 4.69) is 16.0 Å². The van der Waals surface area contributed by atoms with Crippen LogP contribution >= 0.6 is 23.4 Å². The summed E-state index contributed by atoms with van der Waals surface area (Å²) in [4.78, 5) is 40.6. The Bertz CT molecular complexity index is 1660. The van der Waals surface area contributed by atoms with Gasteiger partial charge < -0.3 is 20.7 Å². The normalized spacial score (nSPS) is 11.8. The number of hydrogen-bond donors (Lipinski definition) is 3. The van der Waals surface area contributed by atoms with Crippen LogP contribution in [0.1, 0.15) is 41.8 Å². The van der Waals surface area contributed by atoms with Gasteiger partial charge in [-0.1, -0.05) is 67.1 Å². The molecule has 4 rings (SSSR count). The summed E-state index contributed by atoms with van der Waals surface area (Å²) < 4.78 is 5.73. The van der Waals surface area contributed by atoms with Gasteiger partial charge in [-0.2, -0.15) is 0 Å². The van der Waals surface area contributed by atoms with Crippen molar-refractivity contribution < 1.29 is 19.1 Å². The third-order valence-corrected chi connectivity index (χ3v) is 8.37. The Balaban J connectivity index is 1.54. The second-order valence-corrected chi connectivity index (χ2v) is 11.4. The Kier molecular flexibility index (Phi) is 11.6. The number of hydrogen-bond acceptors (Lipinski definition) is 5. The molecule has 1 unspecified atom stereocenters. The maximum Gasteiger partial charge on any atom is 0.272 e. The molecule has 3 amide bonds. The summed E-state index contributed by atoms with van der Waals surface area (Å²) in [6.07, 6.45) is 2.18. The van der Waals surface area contributed by atoms with Crippen molar-refractivity contribution in [3.05, 3.63) is 124 Å². The first-order valence-electron chi connectivity index (χ1n) is 14.2. The van der Waals surface area contributed by atoms with Crippen LogP contribution in [-0.2, 0) is 9.59 Å². The van der Waals surface area contributed by atoms with Gasteiger partial charge in [0.15, 0.2) is 0 Å². The largest absolute Gasteiger partial charge is 0.493 e. The number of anilines is 2. The summed E-state index contributed by atoms with van der Waals surface area (Å²) in [5.41, 5.74) is 3.10. The van der Waals surface area contributed by atoms with Crippen LogP contribution in [0.25, 0.3) is 6.08 Å².